The maximum Gasteiger partial charge on any atom is 0.253 e. The van der Waals surface area contributed by atoms with Crippen molar-refractivity contribution < 1.29 is 4.79 Å². The molecule has 0 aliphatic heterocycles. The van der Waals surface area contributed by atoms with Gasteiger partial charge in [0.2, 0.25) is 0 Å². The maximum atomic E-state index is 12.2. The van der Waals surface area contributed by atoms with E-state index in [1.807, 2.05) is 37.3 Å². The number of amides is 1. The Morgan fingerprint density at radius 2 is 2.04 bits per heavy atom. The zero-order chi connectivity index (χ0) is 17.6. The number of pyridine rings is 2. The van der Waals surface area contributed by atoms with Gasteiger partial charge in [0.25, 0.3) is 5.91 Å². The number of rotatable bonds is 5. The molecule has 0 saturated carbocycles. The number of hydrogen-bond donors (Lipinski definition) is 2. The van der Waals surface area contributed by atoms with Gasteiger partial charge in [-0.05, 0) is 54.4 Å². The molecular weight excluding hydrogens is 380 g/mol. The number of carbonyl (C=O) groups excluding carboxylic acids is 1. The van der Waals surface area contributed by atoms with Gasteiger partial charge in [-0.3, -0.25) is 9.78 Å². The molecule has 0 aliphatic rings. The van der Waals surface area contributed by atoms with E-state index < -0.39 is 0 Å². The highest BCUT2D eigenvalue weighted by Gasteiger charge is 2.06. The van der Waals surface area contributed by atoms with E-state index in [-0.39, 0.29) is 5.91 Å². The monoisotopic (exact) mass is 396 g/mol. The minimum Gasteiger partial charge on any atom is -0.348 e. The second kappa shape index (κ2) is 7.90. The molecule has 0 unspecified atom stereocenters. The van der Waals surface area contributed by atoms with Crippen LogP contribution in [0.2, 0.25) is 0 Å². The average molecular weight is 397 g/mol. The highest BCUT2D eigenvalue weighted by atomic mass is 79.9. The molecule has 3 aromatic rings. The van der Waals surface area contributed by atoms with Crippen LogP contribution in [0.5, 0.6) is 0 Å². The van der Waals surface area contributed by atoms with E-state index in [4.69, 9.17) is 0 Å². The molecule has 0 spiro atoms. The van der Waals surface area contributed by atoms with E-state index in [0.29, 0.717) is 17.9 Å². The third-order valence-corrected chi connectivity index (χ3v) is 4.52. The molecule has 126 valence electrons. The molecule has 25 heavy (non-hydrogen) atoms. The molecule has 2 aromatic heterocycles. The first kappa shape index (κ1) is 17.1. The Kier molecular flexibility index (Phi) is 5.40. The number of nitrogens with zero attached hydrogens (tertiary/aromatic N) is 2. The van der Waals surface area contributed by atoms with Crippen molar-refractivity contribution in [2.75, 3.05) is 5.32 Å². The number of aryl methyl sites for hydroxylation is 1. The molecule has 6 heteroatoms. The summed E-state index contributed by atoms with van der Waals surface area (Å²) in [6.07, 6.45) is 4.99. The van der Waals surface area contributed by atoms with Crippen LogP contribution in [-0.2, 0) is 6.54 Å². The average Bonchev–Trinajstić information content (AvgIpc) is 2.64. The van der Waals surface area contributed by atoms with Gasteiger partial charge in [-0.15, -0.1) is 0 Å². The lowest BCUT2D eigenvalue weighted by atomic mass is 10.2. The van der Waals surface area contributed by atoms with Gasteiger partial charge in [-0.1, -0.05) is 22.0 Å². The van der Waals surface area contributed by atoms with E-state index >= 15 is 0 Å². The van der Waals surface area contributed by atoms with Gasteiger partial charge < -0.3 is 10.6 Å². The molecule has 0 saturated heterocycles. The number of aromatic nitrogens is 2. The number of halogens is 1. The first-order valence-corrected chi connectivity index (χ1v) is 8.57. The molecular formula is C19H17BrN4O. The predicted molar refractivity (Wildman–Crippen MR) is 102 cm³/mol. The summed E-state index contributed by atoms with van der Waals surface area (Å²) < 4.78 is 1.06. The van der Waals surface area contributed by atoms with Crippen LogP contribution in [0.1, 0.15) is 21.5 Å². The van der Waals surface area contributed by atoms with Crippen molar-refractivity contribution in [1.29, 1.82) is 0 Å². The first-order chi connectivity index (χ1) is 12.1. The Labute approximate surface area is 154 Å². The Bertz CT molecular complexity index is 866. The molecule has 5 nitrogen and oxygen atoms in total. The molecule has 0 bridgehead atoms. The van der Waals surface area contributed by atoms with Crippen LogP contribution < -0.4 is 10.6 Å². The minimum absolute atomic E-state index is 0.164. The van der Waals surface area contributed by atoms with Crippen molar-refractivity contribution in [1.82, 2.24) is 15.3 Å². The molecule has 1 amide bonds. The zero-order valence-corrected chi connectivity index (χ0v) is 15.2. The second-order valence-corrected chi connectivity index (χ2v) is 6.42. The van der Waals surface area contributed by atoms with E-state index in [0.717, 1.165) is 21.3 Å². The standard InChI is InChI=1S/C19H17BrN4O/c1-13-9-16(5-6-17(13)20)24-18-7-4-15(12-22-18)19(25)23-11-14-3-2-8-21-10-14/h2-10,12H,11H2,1H3,(H,22,24)(H,23,25). The lowest BCUT2D eigenvalue weighted by Crippen LogP contribution is -2.22. The Morgan fingerprint density at radius 3 is 2.72 bits per heavy atom. The molecule has 0 radical (unpaired) electrons. The molecule has 2 heterocycles. The summed E-state index contributed by atoms with van der Waals surface area (Å²) in [5.74, 6) is 0.521. The van der Waals surface area contributed by atoms with Gasteiger partial charge in [-0.2, -0.15) is 0 Å². The third kappa shape index (κ3) is 4.64. The van der Waals surface area contributed by atoms with Crippen molar-refractivity contribution in [2.24, 2.45) is 0 Å². The summed E-state index contributed by atoms with van der Waals surface area (Å²) in [4.78, 5) is 20.5. The Morgan fingerprint density at radius 1 is 1.16 bits per heavy atom. The van der Waals surface area contributed by atoms with Crippen molar-refractivity contribution >= 4 is 33.3 Å². The van der Waals surface area contributed by atoms with Crippen LogP contribution in [0.4, 0.5) is 11.5 Å². The molecule has 0 aliphatic carbocycles. The summed E-state index contributed by atoms with van der Waals surface area (Å²) in [7, 11) is 0. The Balaban J connectivity index is 1.61. The summed E-state index contributed by atoms with van der Waals surface area (Å²) in [6, 6.07) is 13.3. The van der Waals surface area contributed by atoms with Crippen LogP contribution >= 0.6 is 15.9 Å². The van der Waals surface area contributed by atoms with E-state index in [1.54, 1.807) is 30.7 Å². The van der Waals surface area contributed by atoms with Crippen molar-refractivity contribution in [3.05, 3.63) is 82.2 Å². The molecule has 0 atom stereocenters. The number of benzene rings is 1. The van der Waals surface area contributed by atoms with Crippen LogP contribution in [0.25, 0.3) is 0 Å². The van der Waals surface area contributed by atoms with Crippen LogP contribution in [0.15, 0.2) is 65.5 Å². The van der Waals surface area contributed by atoms with Crippen LogP contribution in [-0.4, -0.2) is 15.9 Å². The zero-order valence-electron chi connectivity index (χ0n) is 13.7. The van der Waals surface area contributed by atoms with Crippen molar-refractivity contribution in [3.8, 4) is 0 Å². The fraction of sp³-hybridized carbons (Fsp3) is 0.105. The van der Waals surface area contributed by atoms with E-state index in [9.17, 15) is 4.79 Å². The molecule has 2 N–H and O–H groups in total. The highest BCUT2D eigenvalue weighted by Crippen LogP contribution is 2.22. The second-order valence-electron chi connectivity index (χ2n) is 5.57. The van der Waals surface area contributed by atoms with Gasteiger partial charge in [-0.25, -0.2) is 4.98 Å². The highest BCUT2D eigenvalue weighted by molar-refractivity contribution is 9.10. The van der Waals surface area contributed by atoms with Crippen molar-refractivity contribution in [2.45, 2.75) is 13.5 Å². The van der Waals surface area contributed by atoms with Crippen LogP contribution in [0, 0.1) is 6.92 Å². The quantitative estimate of drug-likeness (QED) is 0.677. The van der Waals surface area contributed by atoms with E-state index in [2.05, 4.69) is 36.5 Å². The summed E-state index contributed by atoms with van der Waals surface area (Å²) >= 11 is 3.48. The van der Waals surface area contributed by atoms with Gasteiger partial charge in [0.05, 0.1) is 5.56 Å². The van der Waals surface area contributed by atoms with Crippen LogP contribution in [0.3, 0.4) is 0 Å². The first-order valence-electron chi connectivity index (χ1n) is 7.78. The number of anilines is 2. The predicted octanol–water partition coefficient (Wildman–Crippen LogP) is 4.22. The number of carbonyl (C=O) groups is 1. The van der Waals surface area contributed by atoms with Gasteiger partial charge in [0, 0.05) is 35.3 Å². The van der Waals surface area contributed by atoms with Gasteiger partial charge in [0.15, 0.2) is 0 Å². The largest absolute Gasteiger partial charge is 0.348 e. The summed E-state index contributed by atoms with van der Waals surface area (Å²) in [5.41, 5.74) is 3.55. The maximum absolute atomic E-state index is 12.2. The lowest BCUT2D eigenvalue weighted by Gasteiger charge is -2.09. The van der Waals surface area contributed by atoms with E-state index in [1.165, 1.54) is 0 Å². The fourth-order valence-electron chi connectivity index (χ4n) is 2.26. The van der Waals surface area contributed by atoms with Crippen molar-refractivity contribution in [3.63, 3.8) is 0 Å². The van der Waals surface area contributed by atoms with Gasteiger partial charge in [0.1, 0.15) is 5.82 Å². The SMILES string of the molecule is Cc1cc(Nc2ccc(C(=O)NCc3cccnc3)cn2)ccc1Br. The van der Waals surface area contributed by atoms with Gasteiger partial charge >= 0.3 is 0 Å². The minimum atomic E-state index is -0.164. The lowest BCUT2D eigenvalue weighted by molar-refractivity contribution is 0.0950. The smallest absolute Gasteiger partial charge is 0.253 e. The number of nitrogens with one attached hydrogen (secondary N) is 2. The summed E-state index contributed by atoms with van der Waals surface area (Å²) in [6.45, 7) is 2.46. The third-order valence-electron chi connectivity index (χ3n) is 3.63. The topological polar surface area (TPSA) is 66.9 Å². The number of hydrogen-bond acceptors (Lipinski definition) is 4. The summed E-state index contributed by atoms with van der Waals surface area (Å²) in [5, 5.41) is 6.08. The normalized spacial score (nSPS) is 10.3. The molecule has 1 aromatic carbocycles. The fourth-order valence-corrected chi connectivity index (χ4v) is 2.51. The Hall–Kier alpha value is -2.73. The molecule has 0 fully saturated rings. The molecule has 3 rings (SSSR count).